The molecule has 0 heterocycles. The molecule has 0 aliphatic rings. The minimum Gasteiger partial charge on any atom is -0.294 e. The minimum absolute atomic E-state index is 0.294. The van der Waals surface area contributed by atoms with Crippen molar-refractivity contribution >= 4 is 11.3 Å². The largest absolute Gasteiger partial charge is 0.294 e. The molecule has 0 fully saturated rings. The van der Waals surface area contributed by atoms with Gasteiger partial charge in [-0.1, -0.05) is 0 Å². The molecule has 0 saturated heterocycles. The Morgan fingerprint density at radius 3 is 1.25 bits per heavy atom. The molecule has 1 atom stereocenters. The van der Waals surface area contributed by atoms with Gasteiger partial charge in [-0.3, -0.25) is 4.55 Å². The van der Waals surface area contributed by atoms with Crippen LogP contribution in [0.1, 0.15) is 41.5 Å². The van der Waals surface area contributed by atoms with Gasteiger partial charge in [-0.2, -0.15) is 4.31 Å². The van der Waals surface area contributed by atoms with Gasteiger partial charge in [0.25, 0.3) is 0 Å². The second-order valence-corrected chi connectivity index (χ2v) is 5.69. The molecule has 0 bridgehead atoms. The van der Waals surface area contributed by atoms with Gasteiger partial charge in [0.1, 0.15) is 0 Å². The van der Waals surface area contributed by atoms with E-state index in [1.165, 1.54) is 0 Å². The number of nitrogens with zero attached hydrogens (tertiary/aromatic N) is 1. The van der Waals surface area contributed by atoms with Gasteiger partial charge in [0.2, 0.25) is 11.3 Å². The number of hydrogen-bond acceptors (Lipinski definition) is 1. The van der Waals surface area contributed by atoms with Gasteiger partial charge in [-0.25, -0.2) is 4.21 Å². The highest BCUT2D eigenvalue weighted by atomic mass is 32.2. The molecule has 0 aliphatic carbocycles. The van der Waals surface area contributed by atoms with E-state index < -0.39 is 11.3 Å². The SMILES string of the molecule is CC(C)(C)N(S(=O)O)C(C)(C)C. The molecule has 0 saturated carbocycles. The molecule has 0 radical (unpaired) electrons. The van der Waals surface area contributed by atoms with Gasteiger partial charge in [0.15, 0.2) is 0 Å². The molecule has 12 heavy (non-hydrogen) atoms. The summed E-state index contributed by atoms with van der Waals surface area (Å²) in [5.74, 6) is 0. The van der Waals surface area contributed by atoms with Gasteiger partial charge in [-0.05, 0) is 41.5 Å². The molecule has 0 spiro atoms. The average Bonchev–Trinajstić information content (AvgIpc) is 1.49. The van der Waals surface area contributed by atoms with E-state index in [9.17, 15) is 4.21 Å². The smallest absolute Gasteiger partial charge is 0.235 e. The fourth-order valence-corrected chi connectivity index (χ4v) is 2.41. The third-order valence-corrected chi connectivity index (χ3v) is 2.78. The molecule has 0 amide bonds. The van der Waals surface area contributed by atoms with E-state index in [-0.39, 0.29) is 11.1 Å². The molecular formula is C8H19NO2S. The predicted octanol–water partition coefficient (Wildman–Crippen LogP) is 2.02. The van der Waals surface area contributed by atoms with E-state index in [1.807, 2.05) is 41.5 Å². The van der Waals surface area contributed by atoms with E-state index in [1.54, 1.807) is 4.31 Å². The summed E-state index contributed by atoms with van der Waals surface area (Å²) < 4.78 is 21.7. The van der Waals surface area contributed by atoms with Crippen LogP contribution in [0.4, 0.5) is 0 Å². The summed E-state index contributed by atoms with van der Waals surface area (Å²) in [5.41, 5.74) is -0.588. The summed E-state index contributed by atoms with van der Waals surface area (Å²) in [7, 11) is 0. The molecule has 74 valence electrons. The van der Waals surface area contributed by atoms with E-state index in [0.29, 0.717) is 0 Å². The van der Waals surface area contributed by atoms with Crippen LogP contribution in [0.5, 0.6) is 0 Å². The van der Waals surface area contributed by atoms with Crippen molar-refractivity contribution in [1.82, 2.24) is 4.31 Å². The van der Waals surface area contributed by atoms with Gasteiger partial charge in [0, 0.05) is 11.1 Å². The van der Waals surface area contributed by atoms with Gasteiger partial charge < -0.3 is 0 Å². The molecular weight excluding hydrogens is 174 g/mol. The summed E-state index contributed by atoms with van der Waals surface area (Å²) in [4.78, 5) is 0. The highest BCUT2D eigenvalue weighted by molar-refractivity contribution is 7.76. The van der Waals surface area contributed by atoms with Crippen LogP contribution in [0.3, 0.4) is 0 Å². The van der Waals surface area contributed by atoms with Crippen LogP contribution in [-0.4, -0.2) is 24.1 Å². The summed E-state index contributed by atoms with van der Waals surface area (Å²) in [5, 5.41) is 0. The van der Waals surface area contributed by atoms with Crippen LogP contribution in [0.15, 0.2) is 0 Å². The second-order valence-electron chi connectivity index (χ2n) is 4.87. The van der Waals surface area contributed by atoms with Crippen molar-refractivity contribution in [2.45, 2.75) is 52.6 Å². The maximum Gasteiger partial charge on any atom is 0.235 e. The van der Waals surface area contributed by atoms with Crippen molar-refractivity contribution in [3.05, 3.63) is 0 Å². The number of hydrogen-bond donors (Lipinski definition) is 1. The highest BCUT2D eigenvalue weighted by Gasteiger charge is 2.35. The Balaban J connectivity index is 4.82. The van der Waals surface area contributed by atoms with Crippen molar-refractivity contribution in [1.29, 1.82) is 0 Å². The quantitative estimate of drug-likeness (QED) is 0.647. The van der Waals surface area contributed by atoms with Crippen LogP contribution in [0.25, 0.3) is 0 Å². The van der Waals surface area contributed by atoms with Crippen molar-refractivity contribution in [2.75, 3.05) is 0 Å². The van der Waals surface area contributed by atoms with Crippen LogP contribution >= 0.6 is 0 Å². The zero-order valence-electron chi connectivity index (χ0n) is 8.71. The zero-order valence-corrected chi connectivity index (χ0v) is 9.53. The molecule has 0 aromatic heterocycles. The lowest BCUT2D eigenvalue weighted by molar-refractivity contribution is 0.137. The molecule has 4 heteroatoms. The van der Waals surface area contributed by atoms with Crippen molar-refractivity contribution in [3.8, 4) is 0 Å². The first-order valence-electron chi connectivity index (χ1n) is 3.98. The second kappa shape index (κ2) is 3.44. The lowest BCUT2D eigenvalue weighted by Crippen LogP contribution is -2.53. The minimum atomic E-state index is -1.91. The van der Waals surface area contributed by atoms with Crippen LogP contribution in [-0.2, 0) is 11.3 Å². The summed E-state index contributed by atoms with van der Waals surface area (Å²) >= 11 is -1.91. The summed E-state index contributed by atoms with van der Waals surface area (Å²) in [6, 6.07) is 0. The maximum atomic E-state index is 11.0. The summed E-state index contributed by atoms with van der Waals surface area (Å²) in [6.45, 7) is 11.5. The lowest BCUT2D eigenvalue weighted by atomic mass is 10.0. The lowest BCUT2D eigenvalue weighted by Gasteiger charge is -2.41. The molecule has 0 aliphatic heterocycles. The molecule has 0 rings (SSSR count). The predicted molar refractivity (Wildman–Crippen MR) is 52.1 cm³/mol. The van der Waals surface area contributed by atoms with Gasteiger partial charge in [-0.15, -0.1) is 0 Å². The van der Waals surface area contributed by atoms with E-state index >= 15 is 0 Å². The standard InChI is InChI=1S/C8H19NO2S/c1-7(2,3)9(12(10)11)8(4,5)6/h1-6H3,(H,10,11). The molecule has 0 aromatic carbocycles. The molecule has 0 aromatic rings. The van der Waals surface area contributed by atoms with Gasteiger partial charge in [0.05, 0.1) is 0 Å². The zero-order chi connectivity index (χ0) is 10.2. The van der Waals surface area contributed by atoms with Gasteiger partial charge >= 0.3 is 0 Å². The van der Waals surface area contributed by atoms with Crippen molar-refractivity contribution in [3.63, 3.8) is 0 Å². The Morgan fingerprint density at radius 1 is 1.00 bits per heavy atom. The van der Waals surface area contributed by atoms with Crippen LogP contribution in [0.2, 0.25) is 0 Å². The molecule has 1 N–H and O–H groups in total. The fraction of sp³-hybridized carbons (Fsp3) is 1.00. The first-order valence-corrected chi connectivity index (χ1v) is 5.04. The third kappa shape index (κ3) is 3.21. The Morgan fingerprint density at radius 2 is 1.25 bits per heavy atom. The average molecular weight is 193 g/mol. The fourth-order valence-electron chi connectivity index (χ4n) is 1.47. The molecule has 1 unspecified atom stereocenters. The Kier molecular flexibility index (Phi) is 3.46. The van der Waals surface area contributed by atoms with Crippen molar-refractivity contribution < 1.29 is 8.76 Å². The Bertz CT molecular complexity index is 164. The highest BCUT2D eigenvalue weighted by Crippen LogP contribution is 2.25. The van der Waals surface area contributed by atoms with Crippen molar-refractivity contribution in [2.24, 2.45) is 0 Å². The first-order chi connectivity index (χ1) is 5.07. The normalized spacial score (nSPS) is 16.7. The monoisotopic (exact) mass is 193 g/mol. The first kappa shape index (κ1) is 12.1. The molecule has 3 nitrogen and oxygen atoms in total. The number of rotatable bonds is 1. The van der Waals surface area contributed by atoms with E-state index in [2.05, 4.69) is 0 Å². The Labute approximate surface area is 77.6 Å². The Hall–Kier alpha value is 0.0700. The maximum absolute atomic E-state index is 11.0. The summed E-state index contributed by atoms with van der Waals surface area (Å²) in [6.07, 6.45) is 0. The van der Waals surface area contributed by atoms with E-state index in [4.69, 9.17) is 4.55 Å². The van der Waals surface area contributed by atoms with E-state index in [0.717, 1.165) is 0 Å². The third-order valence-electron chi connectivity index (χ3n) is 1.37. The van der Waals surface area contributed by atoms with Crippen LogP contribution in [0, 0.1) is 0 Å². The topological polar surface area (TPSA) is 40.5 Å². The van der Waals surface area contributed by atoms with Crippen LogP contribution < -0.4 is 0 Å².